The minimum Gasteiger partial charge on any atom is -0.388 e. The molecular weight excluding hydrogens is 262 g/mol. The SMILES string of the molecule is Cc1ccc(CCC(=O)NCC2(O)CCCCCC2)cc1. The average molecular weight is 289 g/mol. The molecule has 0 radical (unpaired) electrons. The van der Waals surface area contributed by atoms with Crippen LogP contribution in [0.5, 0.6) is 0 Å². The molecule has 1 fully saturated rings. The molecule has 3 nitrogen and oxygen atoms in total. The quantitative estimate of drug-likeness (QED) is 0.818. The summed E-state index contributed by atoms with van der Waals surface area (Å²) in [5.74, 6) is 0.0354. The predicted octanol–water partition coefficient (Wildman–Crippen LogP) is 3.13. The Morgan fingerprint density at radius 1 is 1.14 bits per heavy atom. The molecule has 1 aromatic carbocycles. The lowest BCUT2D eigenvalue weighted by Crippen LogP contribution is -2.42. The zero-order chi connectivity index (χ0) is 15.1. The summed E-state index contributed by atoms with van der Waals surface area (Å²) in [5.41, 5.74) is 1.73. The molecule has 0 heterocycles. The number of nitrogens with one attached hydrogen (secondary N) is 1. The molecule has 0 saturated heterocycles. The van der Waals surface area contributed by atoms with Gasteiger partial charge in [-0.15, -0.1) is 0 Å². The van der Waals surface area contributed by atoms with E-state index in [1.807, 2.05) is 0 Å². The third-order valence-corrected chi connectivity index (χ3v) is 4.41. The van der Waals surface area contributed by atoms with Gasteiger partial charge in [-0.2, -0.15) is 0 Å². The highest BCUT2D eigenvalue weighted by Gasteiger charge is 2.28. The highest BCUT2D eigenvalue weighted by Crippen LogP contribution is 2.26. The van der Waals surface area contributed by atoms with E-state index in [-0.39, 0.29) is 5.91 Å². The van der Waals surface area contributed by atoms with Crippen LogP contribution in [-0.4, -0.2) is 23.2 Å². The largest absolute Gasteiger partial charge is 0.388 e. The van der Waals surface area contributed by atoms with Gasteiger partial charge in [-0.1, -0.05) is 55.5 Å². The van der Waals surface area contributed by atoms with Crippen LogP contribution in [-0.2, 0) is 11.2 Å². The molecule has 2 rings (SSSR count). The van der Waals surface area contributed by atoms with Crippen LogP contribution in [0.1, 0.15) is 56.1 Å². The Morgan fingerprint density at radius 3 is 2.38 bits per heavy atom. The standard InChI is InChI=1S/C18H27NO2/c1-15-6-8-16(9-7-15)10-11-17(20)19-14-18(21)12-4-2-3-5-13-18/h6-9,21H,2-5,10-14H2,1H3,(H,19,20). The Morgan fingerprint density at radius 2 is 1.76 bits per heavy atom. The number of rotatable bonds is 5. The van der Waals surface area contributed by atoms with E-state index < -0.39 is 5.60 Å². The smallest absolute Gasteiger partial charge is 0.220 e. The van der Waals surface area contributed by atoms with E-state index in [2.05, 4.69) is 36.5 Å². The van der Waals surface area contributed by atoms with Crippen LogP contribution in [0.4, 0.5) is 0 Å². The first-order valence-electron chi connectivity index (χ1n) is 8.12. The van der Waals surface area contributed by atoms with Crippen molar-refractivity contribution in [1.29, 1.82) is 0 Å². The predicted molar refractivity (Wildman–Crippen MR) is 85.2 cm³/mol. The maximum Gasteiger partial charge on any atom is 0.220 e. The van der Waals surface area contributed by atoms with Crippen LogP contribution in [0.3, 0.4) is 0 Å². The van der Waals surface area contributed by atoms with E-state index in [1.54, 1.807) is 0 Å². The molecule has 1 aromatic rings. The van der Waals surface area contributed by atoms with E-state index >= 15 is 0 Å². The van der Waals surface area contributed by atoms with Gasteiger partial charge in [-0.25, -0.2) is 0 Å². The lowest BCUT2D eigenvalue weighted by molar-refractivity contribution is -0.122. The number of carbonyl (C=O) groups excluding carboxylic acids is 1. The van der Waals surface area contributed by atoms with Crippen LogP contribution in [0.25, 0.3) is 0 Å². The summed E-state index contributed by atoms with van der Waals surface area (Å²) in [7, 11) is 0. The molecule has 0 unspecified atom stereocenters. The zero-order valence-corrected chi connectivity index (χ0v) is 13.0. The van der Waals surface area contributed by atoms with Crippen molar-refractivity contribution >= 4 is 5.91 Å². The molecule has 0 atom stereocenters. The fourth-order valence-corrected chi connectivity index (χ4v) is 2.93. The summed E-state index contributed by atoms with van der Waals surface area (Å²) >= 11 is 0. The fourth-order valence-electron chi connectivity index (χ4n) is 2.93. The molecule has 1 aliphatic carbocycles. The van der Waals surface area contributed by atoms with Crippen LogP contribution in [0.2, 0.25) is 0 Å². The molecule has 0 aliphatic heterocycles. The third-order valence-electron chi connectivity index (χ3n) is 4.41. The fraction of sp³-hybridized carbons (Fsp3) is 0.611. The van der Waals surface area contributed by atoms with Gasteiger partial charge in [0, 0.05) is 13.0 Å². The highest BCUT2D eigenvalue weighted by atomic mass is 16.3. The van der Waals surface area contributed by atoms with Gasteiger partial charge in [0.05, 0.1) is 5.60 Å². The molecule has 21 heavy (non-hydrogen) atoms. The Kier molecular flexibility index (Phi) is 5.80. The molecule has 0 aromatic heterocycles. The summed E-state index contributed by atoms with van der Waals surface area (Å²) in [5, 5.41) is 13.4. The molecular formula is C18H27NO2. The monoisotopic (exact) mass is 289 g/mol. The van der Waals surface area contributed by atoms with Gasteiger partial charge < -0.3 is 10.4 Å². The van der Waals surface area contributed by atoms with Crippen molar-refractivity contribution < 1.29 is 9.90 Å². The molecule has 1 aliphatic rings. The van der Waals surface area contributed by atoms with Crippen LogP contribution >= 0.6 is 0 Å². The van der Waals surface area contributed by atoms with Gasteiger partial charge in [-0.05, 0) is 31.7 Å². The van der Waals surface area contributed by atoms with E-state index in [1.165, 1.54) is 24.0 Å². The minimum atomic E-state index is -0.685. The Hall–Kier alpha value is -1.35. The number of amides is 1. The van der Waals surface area contributed by atoms with E-state index in [0.29, 0.717) is 13.0 Å². The van der Waals surface area contributed by atoms with Gasteiger partial charge in [0.2, 0.25) is 5.91 Å². The molecule has 116 valence electrons. The van der Waals surface area contributed by atoms with Crippen molar-refractivity contribution in [3.8, 4) is 0 Å². The van der Waals surface area contributed by atoms with Gasteiger partial charge >= 0.3 is 0 Å². The Balaban J connectivity index is 1.72. The maximum absolute atomic E-state index is 11.9. The highest BCUT2D eigenvalue weighted by molar-refractivity contribution is 5.76. The maximum atomic E-state index is 11.9. The van der Waals surface area contributed by atoms with Gasteiger partial charge in [0.15, 0.2) is 0 Å². The number of hydrogen-bond acceptors (Lipinski definition) is 2. The summed E-state index contributed by atoms with van der Waals surface area (Å²) in [4.78, 5) is 11.9. The van der Waals surface area contributed by atoms with Crippen LogP contribution < -0.4 is 5.32 Å². The topological polar surface area (TPSA) is 49.3 Å². The van der Waals surface area contributed by atoms with Crippen molar-refractivity contribution in [2.24, 2.45) is 0 Å². The van der Waals surface area contributed by atoms with Crippen LogP contribution in [0.15, 0.2) is 24.3 Å². The first-order chi connectivity index (χ1) is 10.1. The van der Waals surface area contributed by atoms with Crippen molar-refractivity contribution in [2.75, 3.05) is 6.54 Å². The number of aliphatic hydroxyl groups is 1. The van der Waals surface area contributed by atoms with Gasteiger partial charge in [0.1, 0.15) is 0 Å². The molecule has 1 amide bonds. The lowest BCUT2D eigenvalue weighted by atomic mass is 9.94. The summed E-state index contributed by atoms with van der Waals surface area (Å²) in [6, 6.07) is 8.28. The average Bonchev–Trinajstić information content (AvgIpc) is 2.70. The van der Waals surface area contributed by atoms with E-state index in [4.69, 9.17) is 0 Å². The number of benzene rings is 1. The van der Waals surface area contributed by atoms with Gasteiger partial charge in [-0.3, -0.25) is 4.79 Å². The van der Waals surface area contributed by atoms with Crippen molar-refractivity contribution in [3.05, 3.63) is 35.4 Å². The normalized spacial score (nSPS) is 18.0. The van der Waals surface area contributed by atoms with E-state index in [0.717, 1.165) is 32.1 Å². The number of carbonyl (C=O) groups is 1. The third kappa shape index (κ3) is 5.50. The minimum absolute atomic E-state index is 0.0354. The molecule has 3 heteroatoms. The summed E-state index contributed by atoms with van der Waals surface area (Å²) in [6.45, 7) is 2.46. The zero-order valence-electron chi connectivity index (χ0n) is 13.0. The summed E-state index contributed by atoms with van der Waals surface area (Å²) < 4.78 is 0. The van der Waals surface area contributed by atoms with Crippen molar-refractivity contribution in [3.63, 3.8) is 0 Å². The molecule has 0 bridgehead atoms. The summed E-state index contributed by atoms with van der Waals surface area (Å²) in [6.07, 6.45) is 7.39. The van der Waals surface area contributed by atoms with Crippen LogP contribution in [0, 0.1) is 6.92 Å². The second kappa shape index (κ2) is 7.60. The second-order valence-electron chi connectivity index (χ2n) is 6.40. The number of aryl methyl sites for hydroxylation is 2. The lowest BCUT2D eigenvalue weighted by Gasteiger charge is -2.26. The second-order valence-corrected chi connectivity index (χ2v) is 6.40. The molecule has 2 N–H and O–H groups in total. The van der Waals surface area contributed by atoms with Gasteiger partial charge in [0.25, 0.3) is 0 Å². The Labute approximate surface area is 127 Å². The number of hydrogen-bond donors (Lipinski definition) is 2. The first-order valence-corrected chi connectivity index (χ1v) is 8.12. The van der Waals surface area contributed by atoms with E-state index in [9.17, 15) is 9.90 Å². The van der Waals surface area contributed by atoms with Crippen molar-refractivity contribution in [1.82, 2.24) is 5.32 Å². The van der Waals surface area contributed by atoms with Crippen molar-refractivity contribution in [2.45, 2.75) is 63.9 Å². The Bertz CT molecular complexity index is 445. The molecule has 0 spiro atoms. The molecule has 1 saturated carbocycles. The first kappa shape index (κ1) is 16.0.